The van der Waals surface area contributed by atoms with Crippen molar-refractivity contribution < 1.29 is 0 Å². The summed E-state index contributed by atoms with van der Waals surface area (Å²) in [6.07, 6.45) is 5.72. The van der Waals surface area contributed by atoms with Crippen LogP contribution in [0.15, 0.2) is 0 Å². The summed E-state index contributed by atoms with van der Waals surface area (Å²) in [5.74, 6) is 0.916. The van der Waals surface area contributed by atoms with E-state index in [0.29, 0.717) is 16.5 Å². The van der Waals surface area contributed by atoms with Crippen LogP contribution in [0.5, 0.6) is 0 Å². The lowest BCUT2D eigenvalue weighted by atomic mass is 9.82. The second-order valence-electron chi connectivity index (χ2n) is 8.01. The van der Waals surface area contributed by atoms with Gasteiger partial charge in [0.2, 0.25) is 0 Å². The lowest BCUT2D eigenvalue weighted by Gasteiger charge is -2.47. The van der Waals surface area contributed by atoms with E-state index in [1.165, 1.54) is 32.2 Å². The van der Waals surface area contributed by atoms with Gasteiger partial charge in [-0.15, -0.1) is 0 Å². The molecule has 1 aliphatic heterocycles. The Morgan fingerprint density at radius 2 is 1.62 bits per heavy atom. The van der Waals surface area contributed by atoms with E-state index in [1.807, 2.05) is 0 Å². The predicted molar refractivity (Wildman–Crippen MR) is 70.6 cm³/mol. The molecule has 0 aromatic heterocycles. The Morgan fingerprint density at radius 3 is 2.06 bits per heavy atom. The fraction of sp³-hybridized carbons (Fsp3) is 1.00. The average molecular weight is 223 g/mol. The zero-order valence-corrected chi connectivity index (χ0v) is 12.1. The number of hydrogen-bond acceptors (Lipinski definition) is 1. The van der Waals surface area contributed by atoms with Crippen molar-refractivity contribution in [3.8, 4) is 0 Å². The molecule has 2 atom stereocenters. The first-order valence-corrected chi connectivity index (χ1v) is 6.96. The molecule has 1 nitrogen and oxygen atoms in total. The lowest BCUT2D eigenvalue weighted by molar-refractivity contribution is 0.0153. The highest BCUT2D eigenvalue weighted by atomic mass is 15.3. The van der Waals surface area contributed by atoms with Crippen LogP contribution in [0.4, 0.5) is 0 Å². The van der Waals surface area contributed by atoms with Crippen molar-refractivity contribution in [2.45, 2.75) is 78.3 Å². The van der Waals surface area contributed by atoms with E-state index in [-0.39, 0.29) is 0 Å². The first kappa shape index (κ1) is 12.4. The molecule has 1 saturated heterocycles. The van der Waals surface area contributed by atoms with Crippen molar-refractivity contribution in [3.05, 3.63) is 0 Å². The summed E-state index contributed by atoms with van der Waals surface area (Å²) >= 11 is 0. The third kappa shape index (κ3) is 1.92. The lowest BCUT2D eigenvalue weighted by Crippen LogP contribution is -2.54. The molecule has 1 saturated carbocycles. The van der Waals surface area contributed by atoms with Crippen LogP contribution in [0.2, 0.25) is 0 Å². The van der Waals surface area contributed by atoms with Crippen molar-refractivity contribution in [2.75, 3.05) is 6.54 Å². The largest absolute Gasteiger partial charge is 0.293 e. The van der Waals surface area contributed by atoms with E-state index in [0.717, 1.165) is 5.92 Å². The van der Waals surface area contributed by atoms with Crippen LogP contribution in [-0.2, 0) is 0 Å². The molecule has 1 heterocycles. The van der Waals surface area contributed by atoms with Gasteiger partial charge in [0, 0.05) is 11.1 Å². The van der Waals surface area contributed by atoms with Gasteiger partial charge in [-0.1, -0.05) is 27.2 Å². The van der Waals surface area contributed by atoms with E-state index in [2.05, 4.69) is 46.4 Å². The van der Waals surface area contributed by atoms with Gasteiger partial charge in [0.05, 0.1) is 0 Å². The van der Waals surface area contributed by atoms with Crippen LogP contribution in [0.1, 0.15) is 67.2 Å². The Kier molecular flexibility index (Phi) is 2.70. The molecule has 94 valence electrons. The predicted octanol–water partition coefficient (Wildman–Crippen LogP) is 4.08. The normalized spacial score (nSPS) is 36.8. The van der Waals surface area contributed by atoms with Crippen LogP contribution in [0, 0.1) is 11.3 Å². The van der Waals surface area contributed by atoms with Gasteiger partial charge in [-0.2, -0.15) is 0 Å². The van der Waals surface area contributed by atoms with Crippen LogP contribution < -0.4 is 0 Å². The third-order valence-corrected chi connectivity index (χ3v) is 4.68. The van der Waals surface area contributed by atoms with Crippen molar-refractivity contribution in [1.29, 1.82) is 0 Å². The molecule has 2 rings (SSSR count). The molecule has 16 heavy (non-hydrogen) atoms. The zero-order chi connectivity index (χ0) is 12.2. The minimum atomic E-state index is 0.348. The SMILES string of the molecule is CC(C)(C)C1CC12CCCCN2C(C)(C)C. The van der Waals surface area contributed by atoms with Gasteiger partial charge in [0.1, 0.15) is 0 Å². The van der Waals surface area contributed by atoms with Crippen LogP contribution in [-0.4, -0.2) is 22.5 Å². The minimum Gasteiger partial charge on any atom is -0.293 e. The summed E-state index contributed by atoms with van der Waals surface area (Å²) in [6.45, 7) is 15.7. The highest BCUT2D eigenvalue weighted by molar-refractivity contribution is 5.18. The van der Waals surface area contributed by atoms with Gasteiger partial charge >= 0.3 is 0 Å². The molecular formula is C15H29N. The molecule has 1 heteroatoms. The molecule has 0 bridgehead atoms. The summed E-state index contributed by atoms with van der Waals surface area (Å²) in [5.41, 5.74) is 1.40. The Morgan fingerprint density at radius 1 is 1.00 bits per heavy atom. The van der Waals surface area contributed by atoms with Crippen LogP contribution >= 0.6 is 0 Å². The molecule has 0 aromatic rings. The molecule has 2 unspecified atom stereocenters. The van der Waals surface area contributed by atoms with Gasteiger partial charge in [0.25, 0.3) is 0 Å². The average Bonchev–Trinajstić information content (AvgIpc) is 2.78. The third-order valence-electron chi connectivity index (χ3n) is 4.68. The van der Waals surface area contributed by atoms with E-state index >= 15 is 0 Å². The van der Waals surface area contributed by atoms with E-state index in [9.17, 15) is 0 Å². The minimum absolute atomic E-state index is 0.348. The summed E-state index contributed by atoms with van der Waals surface area (Å²) in [4.78, 5) is 2.82. The second-order valence-corrected chi connectivity index (χ2v) is 8.01. The monoisotopic (exact) mass is 223 g/mol. The molecule has 0 N–H and O–H groups in total. The first-order valence-electron chi connectivity index (χ1n) is 6.96. The number of piperidine rings is 1. The van der Waals surface area contributed by atoms with Gasteiger partial charge < -0.3 is 0 Å². The maximum absolute atomic E-state index is 2.82. The fourth-order valence-electron chi connectivity index (χ4n) is 4.04. The Balaban J connectivity index is 2.20. The van der Waals surface area contributed by atoms with Gasteiger partial charge in [0.15, 0.2) is 0 Å². The molecular weight excluding hydrogens is 194 g/mol. The van der Waals surface area contributed by atoms with Gasteiger partial charge in [-0.3, -0.25) is 4.90 Å². The van der Waals surface area contributed by atoms with Crippen molar-refractivity contribution in [2.24, 2.45) is 11.3 Å². The molecule has 1 spiro atoms. The van der Waals surface area contributed by atoms with E-state index in [1.54, 1.807) is 0 Å². The molecule has 1 aliphatic carbocycles. The first-order chi connectivity index (χ1) is 7.18. The Bertz CT molecular complexity index is 268. The number of likely N-dealkylation sites (tertiary alicyclic amines) is 1. The highest BCUT2D eigenvalue weighted by Crippen LogP contribution is 2.62. The molecule has 0 radical (unpaired) electrons. The number of nitrogens with zero attached hydrogens (tertiary/aromatic N) is 1. The van der Waals surface area contributed by atoms with Crippen molar-refractivity contribution in [1.82, 2.24) is 4.90 Å². The summed E-state index contributed by atoms with van der Waals surface area (Å²) in [6, 6.07) is 0. The van der Waals surface area contributed by atoms with E-state index in [4.69, 9.17) is 0 Å². The second kappa shape index (κ2) is 3.48. The summed E-state index contributed by atoms with van der Waals surface area (Å²) in [5, 5.41) is 0. The van der Waals surface area contributed by atoms with Gasteiger partial charge in [-0.25, -0.2) is 0 Å². The zero-order valence-electron chi connectivity index (χ0n) is 12.1. The molecule has 2 aliphatic rings. The van der Waals surface area contributed by atoms with Crippen LogP contribution in [0.25, 0.3) is 0 Å². The standard InChI is InChI=1S/C15H29N/c1-13(2,3)12-11-15(12)9-7-8-10-16(15)14(4,5)6/h12H,7-11H2,1-6H3. The topological polar surface area (TPSA) is 3.24 Å². The molecule has 2 fully saturated rings. The van der Waals surface area contributed by atoms with Crippen molar-refractivity contribution in [3.63, 3.8) is 0 Å². The van der Waals surface area contributed by atoms with E-state index < -0.39 is 0 Å². The fourth-order valence-corrected chi connectivity index (χ4v) is 4.04. The molecule has 0 amide bonds. The maximum atomic E-state index is 2.82. The molecule has 0 aromatic carbocycles. The van der Waals surface area contributed by atoms with Crippen molar-refractivity contribution >= 4 is 0 Å². The van der Waals surface area contributed by atoms with Gasteiger partial charge in [-0.05, 0) is 57.9 Å². The smallest absolute Gasteiger partial charge is 0.0252 e. The number of rotatable bonds is 0. The maximum Gasteiger partial charge on any atom is 0.0252 e. The quantitative estimate of drug-likeness (QED) is 0.598. The summed E-state index contributed by atoms with van der Waals surface area (Å²) in [7, 11) is 0. The number of hydrogen-bond donors (Lipinski definition) is 0. The Hall–Kier alpha value is -0.0400. The highest BCUT2D eigenvalue weighted by Gasteiger charge is 2.63. The Labute approximate surface area is 102 Å². The van der Waals surface area contributed by atoms with Crippen LogP contribution in [0.3, 0.4) is 0 Å². The summed E-state index contributed by atoms with van der Waals surface area (Å²) < 4.78 is 0.